The molecule has 1 N–H and O–H groups in total. The Morgan fingerprint density at radius 3 is 2.30 bits per heavy atom. The zero-order chi connectivity index (χ0) is 8.20. The molecule has 0 amide bonds. The molecule has 0 radical (unpaired) electrons. The smallest absolute Gasteiger partial charge is 0.458 e. The molecule has 0 aliphatic rings. The highest BCUT2D eigenvalue weighted by Crippen LogP contribution is 2.12. The van der Waals surface area contributed by atoms with Gasteiger partial charge in [-0.1, -0.05) is 5.92 Å². The minimum absolute atomic E-state index is 0.0164. The summed E-state index contributed by atoms with van der Waals surface area (Å²) in [4.78, 5) is 0. The third-order valence-corrected chi connectivity index (χ3v) is 0.595. The first-order valence-electron chi connectivity index (χ1n) is 2.36. The molecule has 0 saturated carbocycles. The fourth-order valence-electron chi connectivity index (χ4n) is 0.202. The van der Waals surface area contributed by atoms with E-state index < -0.39 is 6.18 Å². The van der Waals surface area contributed by atoms with Crippen LogP contribution in [0.1, 0.15) is 6.92 Å². The Hall–Kier alpha value is -1.11. The van der Waals surface area contributed by atoms with Gasteiger partial charge in [0.1, 0.15) is 0 Å². The molecule has 0 spiro atoms. The van der Waals surface area contributed by atoms with Crippen LogP contribution in [-0.4, -0.2) is 11.3 Å². The normalized spacial score (nSPS) is 12.2. The van der Waals surface area contributed by atoms with Crippen LogP contribution >= 0.6 is 0 Å². The van der Waals surface area contributed by atoms with Gasteiger partial charge in [-0.2, -0.15) is 13.2 Å². The summed E-state index contributed by atoms with van der Waals surface area (Å²) in [5.41, 5.74) is -0.0164. The van der Waals surface area contributed by atoms with Crippen molar-refractivity contribution in [3.05, 3.63) is 11.8 Å². The third kappa shape index (κ3) is 5.04. The van der Waals surface area contributed by atoms with E-state index in [9.17, 15) is 13.2 Å². The van der Waals surface area contributed by atoms with Crippen LogP contribution in [0.25, 0.3) is 0 Å². The van der Waals surface area contributed by atoms with E-state index in [4.69, 9.17) is 5.11 Å². The Labute approximate surface area is 56.2 Å². The number of hydrogen-bond acceptors (Lipinski definition) is 1. The number of rotatable bonds is 0. The van der Waals surface area contributed by atoms with Gasteiger partial charge in [0.25, 0.3) is 0 Å². The molecule has 4 heteroatoms. The lowest BCUT2D eigenvalue weighted by atomic mass is 10.3. The first-order chi connectivity index (χ1) is 4.45. The Bertz CT molecular complexity index is 191. The van der Waals surface area contributed by atoms with Gasteiger partial charge in [-0.3, -0.25) is 0 Å². The standard InChI is InChI=1S/C6H5F3O/c1-5(4-10)2-3-6(7,8)9/h4,10H,1H3/b5-4+. The summed E-state index contributed by atoms with van der Waals surface area (Å²) in [6.45, 7) is 1.28. The summed E-state index contributed by atoms with van der Waals surface area (Å²) < 4.78 is 33.8. The molecule has 0 aromatic carbocycles. The summed E-state index contributed by atoms with van der Waals surface area (Å²) in [6, 6.07) is 0. The summed E-state index contributed by atoms with van der Waals surface area (Å²) in [6.07, 6.45) is -3.96. The molecular formula is C6H5F3O. The van der Waals surface area contributed by atoms with E-state index in [1.54, 1.807) is 5.92 Å². The lowest BCUT2D eigenvalue weighted by molar-refractivity contribution is -0.0696. The second-order valence-electron chi connectivity index (χ2n) is 1.56. The molecule has 0 aromatic rings. The average Bonchev–Trinajstić information content (AvgIpc) is 1.81. The summed E-state index contributed by atoms with van der Waals surface area (Å²) in [5.74, 6) is 2.70. The van der Waals surface area contributed by atoms with E-state index in [1.807, 2.05) is 0 Å². The second kappa shape index (κ2) is 3.16. The van der Waals surface area contributed by atoms with Crippen LogP contribution in [0.3, 0.4) is 0 Å². The second-order valence-corrected chi connectivity index (χ2v) is 1.56. The van der Waals surface area contributed by atoms with E-state index in [2.05, 4.69) is 0 Å². The van der Waals surface area contributed by atoms with Crippen LogP contribution in [-0.2, 0) is 0 Å². The van der Waals surface area contributed by atoms with Gasteiger partial charge < -0.3 is 5.11 Å². The number of aliphatic hydroxyl groups excluding tert-OH is 1. The predicted molar refractivity (Wildman–Crippen MR) is 30.2 cm³/mol. The Balaban J connectivity index is 4.19. The molecule has 0 heterocycles. The highest BCUT2D eigenvalue weighted by atomic mass is 19.4. The van der Waals surface area contributed by atoms with Crippen molar-refractivity contribution < 1.29 is 18.3 Å². The van der Waals surface area contributed by atoms with Crippen molar-refractivity contribution in [2.45, 2.75) is 13.1 Å². The van der Waals surface area contributed by atoms with Crippen molar-refractivity contribution >= 4 is 0 Å². The van der Waals surface area contributed by atoms with Gasteiger partial charge in [0.2, 0.25) is 0 Å². The van der Waals surface area contributed by atoms with Crippen molar-refractivity contribution in [2.75, 3.05) is 0 Å². The van der Waals surface area contributed by atoms with Gasteiger partial charge >= 0.3 is 6.18 Å². The van der Waals surface area contributed by atoms with Gasteiger partial charge in [0.05, 0.1) is 6.26 Å². The lowest BCUT2D eigenvalue weighted by Gasteiger charge is -1.91. The molecule has 0 saturated heterocycles. The minimum Gasteiger partial charge on any atom is -0.515 e. The number of allylic oxidation sites excluding steroid dienone is 1. The summed E-state index contributed by atoms with van der Waals surface area (Å²) in [5, 5.41) is 8.10. The van der Waals surface area contributed by atoms with Gasteiger partial charge in [-0.15, -0.1) is 0 Å². The minimum atomic E-state index is -4.48. The van der Waals surface area contributed by atoms with Gasteiger partial charge in [-0.05, 0) is 6.92 Å². The van der Waals surface area contributed by atoms with Gasteiger partial charge in [0.15, 0.2) is 0 Å². The lowest BCUT2D eigenvalue weighted by Crippen LogP contribution is -2.01. The Kier molecular flexibility index (Phi) is 2.81. The first-order valence-corrected chi connectivity index (χ1v) is 2.36. The number of aliphatic hydroxyl groups is 1. The van der Waals surface area contributed by atoms with Crippen molar-refractivity contribution in [2.24, 2.45) is 0 Å². The molecule has 0 aliphatic heterocycles. The molecule has 0 aromatic heterocycles. The topological polar surface area (TPSA) is 20.2 Å². The van der Waals surface area contributed by atoms with Crippen LogP contribution in [0, 0.1) is 11.8 Å². The zero-order valence-corrected chi connectivity index (χ0v) is 5.16. The molecule has 1 nitrogen and oxygen atoms in total. The van der Waals surface area contributed by atoms with Crippen molar-refractivity contribution in [3.8, 4) is 11.8 Å². The van der Waals surface area contributed by atoms with Crippen LogP contribution in [0.15, 0.2) is 11.8 Å². The number of hydrogen-bond donors (Lipinski definition) is 1. The van der Waals surface area contributed by atoms with Crippen LogP contribution in [0.4, 0.5) is 13.2 Å². The predicted octanol–water partition coefficient (Wildman–Crippen LogP) is 2.01. The average molecular weight is 150 g/mol. The third-order valence-electron chi connectivity index (χ3n) is 0.595. The molecule has 56 valence electrons. The van der Waals surface area contributed by atoms with Crippen LogP contribution < -0.4 is 0 Å². The molecule has 10 heavy (non-hydrogen) atoms. The fraction of sp³-hybridized carbons (Fsp3) is 0.333. The van der Waals surface area contributed by atoms with Crippen molar-refractivity contribution in [3.63, 3.8) is 0 Å². The largest absolute Gasteiger partial charge is 0.515 e. The molecular weight excluding hydrogens is 145 g/mol. The highest BCUT2D eigenvalue weighted by molar-refractivity contribution is 5.26. The highest BCUT2D eigenvalue weighted by Gasteiger charge is 2.22. The van der Waals surface area contributed by atoms with E-state index in [1.165, 1.54) is 6.92 Å². The molecule has 0 bridgehead atoms. The monoisotopic (exact) mass is 150 g/mol. The molecule has 0 atom stereocenters. The number of halogens is 3. The Morgan fingerprint density at radius 1 is 1.50 bits per heavy atom. The van der Waals surface area contributed by atoms with Gasteiger partial charge in [-0.25, -0.2) is 0 Å². The van der Waals surface area contributed by atoms with Crippen LogP contribution in [0.5, 0.6) is 0 Å². The Morgan fingerprint density at radius 2 is 2.00 bits per heavy atom. The molecule has 0 rings (SSSR count). The maximum absolute atomic E-state index is 11.3. The maximum atomic E-state index is 11.3. The van der Waals surface area contributed by atoms with Gasteiger partial charge in [0, 0.05) is 11.5 Å². The van der Waals surface area contributed by atoms with E-state index in [0.717, 1.165) is 5.92 Å². The quantitative estimate of drug-likeness (QED) is 0.413. The molecule has 0 fully saturated rings. The van der Waals surface area contributed by atoms with E-state index in [-0.39, 0.29) is 5.57 Å². The molecule has 0 aliphatic carbocycles. The van der Waals surface area contributed by atoms with Crippen molar-refractivity contribution in [1.29, 1.82) is 0 Å². The molecule has 0 unspecified atom stereocenters. The fourth-order valence-corrected chi connectivity index (χ4v) is 0.202. The van der Waals surface area contributed by atoms with E-state index in [0.29, 0.717) is 6.26 Å². The van der Waals surface area contributed by atoms with E-state index >= 15 is 0 Å². The summed E-state index contributed by atoms with van der Waals surface area (Å²) >= 11 is 0. The maximum Gasteiger partial charge on any atom is 0.458 e. The van der Waals surface area contributed by atoms with Crippen LogP contribution in [0.2, 0.25) is 0 Å². The number of alkyl halides is 3. The van der Waals surface area contributed by atoms with Crippen molar-refractivity contribution in [1.82, 2.24) is 0 Å². The zero-order valence-electron chi connectivity index (χ0n) is 5.16. The summed E-state index contributed by atoms with van der Waals surface area (Å²) in [7, 11) is 0. The first kappa shape index (κ1) is 8.89. The SMILES string of the molecule is C/C(C#CC(F)(F)F)=C\O.